The number of methoxy groups -OCH3 is 8. The van der Waals surface area contributed by atoms with Gasteiger partial charge in [-0.3, -0.25) is 0 Å². The average Bonchev–Trinajstić information content (AvgIpc) is 1.45. The van der Waals surface area contributed by atoms with Gasteiger partial charge in [-0.2, -0.15) is 0 Å². The predicted octanol–water partition coefficient (Wildman–Crippen LogP) is 26.5. The van der Waals surface area contributed by atoms with Crippen molar-refractivity contribution in [2.24, 2.45) is 0 Å². The molecule has 0 bridgehead atoms. The summed E-state index contributed by atoms with van der Waals surface area (Å²) in [6, 6.07) is 141. The largest absolute Gasteiger partial charge is 0.497 e. The zero-order chi connectivity index (χ0) is 83.5. The summed E-state index contributed by atoms with van der Waals surface area (Å²) in [5, 5.41) is 0. The molecule has 0 saturated carbocycles. The Morgan fingerprint density at radius 2 is 0.301 bits per heavy atom. The molecule has 600 valence electrons. The van der Waals surface area contributed by atoms with E-state index in [1.807, 2.05) is 97.1 Å². The summed E-state index contributed by atoms with van der Waals surface area (Å²) in [6.07, 6.45) is 0. The van der Waals surface area contributed by atoms with Crippen molar-refractivity contribution in [3.05, 3.63) is 455 Å². The van der Waals surface area contributed by atoms with Crippen LogP contribution in [0, 0.1) is 0 Å². The lowest BCUT2D eigenvalue weighted by atomic mass is 9.63. The SMILES string of the molecule is COc1ccc(N(c2ccc(OC)cc2)c2ccc3c(c2)C2=C(c4cc(N(c5ccc(OC)cc5)c5ccc(OC)cc5)ccc4C2(c2ccccc2)c2ccccc2)C32C3=C(c4cc(N(c5ccc(OC)cc5)c5ccc(OC)cc5)ccc42)C(c2ccccc2)(c2ccccc2)c2ccc(N(c4ccc(OC)cc4)c4ccc(OC)cc4)cc23)cc1. The van der Waals surface area contributed by atoms with Crippen LogP contribution in [0.4, 0.5) is 68.2 Å². The summed E-state index contributed by atoms with van der Waals surface area (Å²) >= 11 is 0. The van der Waals surface area contributed by atoms with Crippen molar-refractivity contribution in [1.82, 2.24) is 0 Å². The minimum atomic E-state index is -1.23. The molecule has 16 aromatic carbocycles. The molecule has 1 spiro atoms. The minimum Gasteiger partial charge on any atom is -0.497 e. The van der Waals surface area contributed by atoms with Gasteiger partial charge in [-0.05, 0) is 332 Å². The Kier molecular flexibility index (Phi) is 19.5. The van der Waals surface area contributed by atoms with Crippen LogP contribution in [0.1, 0.15) is 66.8 Å². The van der Waals surface area contributed by atoms with Crippen LogP contribution in [0.3, 0.4) is 0 Å². The molecule has 0 unspecified atom stereocenters. The van der Waals surface area contributed by atoms with Gasteiger partial charge in [0.1, 0.15) is 46.0 Å². The fourth-order valence-corrected chi connectivity index (χ4v) is 19.9. The van der Waals surface area contributed by atoms with E-state index in [9.17, 15) is 0 Å². The highest BCUT2D eigenvalue weighted by Crippen LogP contribution is 2.78. The standard InChI is InChI=1S/C111H88N4O8/c1-116-89-49-29-77(30-50-89)112(78-31-51-90(117-2)52-32-78)85-45-65-101-97(69-85)107-105(109(101,73-21-13-9-14-22-73)74-23-15-10-16-24-74)99-71-87(114(81-37-57-93(120-5)58-38-81)82-39-59-94(121-6)60-40-82)47-67-103(99)111(107)104-68-48-88(115(83-41-61-95(122-7)62-42-83)84-43-63-96(123-8)64-44-84)72-100(104)106-108(111)98-70-86(113(79-33-53-91(118-3)54-34-79)80-35-55-92(119-4)56-36-80)46-66-102(98)110(106,75-25-17-11-18-26-75)76-27-19-12-20-28-76/h9-72H,1-8H3. The maximum absolute atomic E-state index is 5.92. The number of rotatable bonds is 24. The molecule has 0 atom stereocenters. The number of ether oxygens (including phenoxy) is 8. The highest BCUT2D eigenvalue weighted by atomic mass is 16.5. The minimum absolute atomic E-state index is 0.747. The third-order valence-corrected chi connectivity index (χ3v) is 25.2. The number of allylic oxidation sites excluding steroid dienone is 4. The molecule has 16 aromatic rings. The topological polar surface area (TPSA) is 86.8 Å². The van der Waals surface area contributed by atoms with Crippen molar-refractivity contribution >= 4 is 90.5 Å². The summed E-state index contributed by atoms with van der Waals surface area (Å²) in [6.45, 7) is 0. The maximum Gasteiger partial charge on any atom is 0.119 e. The van der Waals surface area contributed by atoms with Gasteiger partial charge in [-0.25, -0.2) is 0 Å². The summed E-state index contributed by atoms with van der Waals surface area (Å²) in [7, 11) is 13.7. The lowest BCUT2D eigenvalue weighted by Gasteiger charge is -2.39. The van der Waals surface area contributed by atoms with Crippen LogP contribution in [0.5, 0.6) is 46.0 Å². The second kappa shape index (κ2) is 31.4. The molecule has 0 fully saturated rings. The van der Waals surface area contributed by atoms with E-state index in [4.69, 9.17) is 37.9 Å². The van der Waals surface area contributed by atoms with E-state index >= 15 is 0 Å². The van der Waals surface area contributed by atoms with Gasteiger partial charge in [0, 0.05) is 68.2 Å². The fourth-order valence-electron chi connectivity index (χ4n) is 19.9. The molecule has 0 saturated heterocycles. The smallest absolute Gasteiger partial charge is 0.119 e. The Hall–Kier alpha value is -15.4. The van der Waals surface area contributed by atoms with Crippen molar-refractivity contribution < 1.29 is 37.9 Å². The monoisotopic (exact) mass is 1600 g/mol. The van der Waals surface area contributed by atoms with Crippen molar-refractivity contribution in [3.8, 4) is 46.0 Å². The third-order valence-electron chi connectivity index (χ3n) is 25.2. The quantitative estimate of drug-likeness (QED) is 0.0577. The van der Waals surface area contributed by atoms with E-state index in [2.05, 4.69) is 311 Å². The molecule has 0 aromatic heterocycles. The van der Waals surface area contributed by atoms with Crippen LogP contribution in [0.2, 0.25) is 0 Å². The number of benzene rings is 16. The van der Waals surface area contributed by atoms with Gasteiger partial charge in [0.15, 0.2) is 0 Å². The van der Waals surface area contributed by atoms with E-state index in [0.29, 0.717) is 0 Å². The third kappa shape index (κ3) is 12.2. The highest BCUT2D eigenvalue weighted by molar-refractivity contribution is 6.27. The summed E-state index contributed by atoms with van der Waals surface area (Å²) in [5.74, 6) is 5.98. The van der Waals surface area contributed by atoms with Gasteiger partial charge in [-0.1, -0.05) is 146 Å². The average molecular weight is 1610 g/mol. The number of hydrogen-bond donors (Lipinski definition) is 0. The van der Waals surface area contributed by atoms with Gasteiger partial charge in [0.25, 0.3) is 0 Å². The molecule has 0 amide bonds. The molecule has 0 N–H and O–H groups in total. The summed E-state index contributed by atoms with van der Waals surface area (Å²) in [5.41, 5.74) is 25.8. The van der Waals surface area contributed by atoms with Crippen LogP contribution in [0.15, 0.2) is 388 Å². The zero-order valence-corrected chi connectivity index (χ0v) is 69.5. The lowest BCUT2D eigenvalue weighted by molar-refractivity contribution is 0.414. The molecular weight excluding hydrogens is 1520 g/mol. The van der Waals surface area contributed by atoms with Crippen LogP contribution in [-0.4, -0.2) is 56.9 Å². The lowest BCUT2D eigenvalue weighted by Crippen LogP contribution is -2.31. The summed E-state index contributed by atoms with van der Waals surface area (Å²) < 4.78 is 47.4. The molecule has 0 aliphatic heterocycles. The first-order valence-corrected chi connectivity index (χ1v) is 41.2. The van der Waals surface area contributed by atoms with Gasteiger partial charge in [0.05, 0.1) is 73.1 Å². The highest BCUT2D eigenvalue weighted by Gasteiger charge is 2.67. The molecule has 12 heteroatoms. The van der Waals surface area contributed by atoms with E-state index in [-0.39, 0.29) is 0 Å². The predicted molar refractivity (Wildman–Crippen MR) is 497 cm³/mol. The van der Waals surface area contributed by atoms with Crippen LogP contribution < -0.4 is 57.5 Å². The first-order valence-electron chi connectivity index (χ1n) is 41.2. The van der Waals surface area contributed by atoms with E-state index < -0.39 is 16.2 Å². The van der Waals surface area contributed by atoms with Crippen molar-refractivity contribution in [2.75, 3.05) is 76.5 Å². The van der Waals surface area contributed by atoms with E-state index in [0.717, 1.165) is 203 Å². The molecular formula is C111H88N4O8. The first-order chi connectivity index (χ1) is 60.6. The van der Waals surface area contributed by atoms with Crippen LogP contribution >= 0.6 is 0 Å². The van der Waals surface area contributed by atoms with E-state index in [1.165, 1.54) is 0 Å². The van der Waals surface area contributed by atoms with Gasteiger partial charge < -0.3 is 57.5 Å². The number of anilines is 12. The van der Waals surface area contributed by atoms with Crippen LogP contribution in [-0.2, 0) is 16.2 Å². The van der Waals surface area contributed by atoms with Gasteiger partial charge in [-0.15, -0.1) is 0 Å². The maximum atomic E-state index is 5.92. The summed E-state index contributed by atoms with van der Waals surface area (Å²) in [4.78, 5) is 9.47. The second-order valence-electron chi connectivity index (χ2n) is 31.1. The number of hydrogen-bond acceptors (Lipinski definition) is 12. The number of nitrogens with zero attached hydrogens (tertiary/aromatic N) is 4. The number of fused-ring (bicyclic) bond motifs is 12. The normalized spacial score (nSPS) is 13.7. The first kappa shape index (κ1) is 76.3. The molecule has 0 radical (unpaired) electrons. The molecule has 4 aliphatic rings. The molecule has 12 nitrogen and oxygen atoms in total. The van der Waals surface area contributed by atoms with Gasteiger partial charge in [0.2, 0.25) is 0 Å². The Balaban J connectivity index is 1.00. The Bertz CT molecular complexity index is 5990. The molecule has 4 aliphatic carbocycles. The second-order valence-corrected chi connectivity index (χ2v) is 31.1. The van der Waals surface area contributed by atoms with E-state index in [1.54, 1.807) is 56.9 Å². The fraction of sp³-hybridized carbons (Fsp3) is 0.0991. The molecule has 0 heterocycles. The van der Waals surface area contributed by atoms with Crippen molar-refractivity contribution in [2.45, 2.75) is 16.2 Å². The molecule has 123 heavy (non-hydrogen) atoms. The van der Waals surface area contributed by atoms with Crippen molar-refractivity contribution in [1.29, 1.82) is 0 Å². The zero-order valence-electron chi connectivity index (χ0n) is 69.5. The van der Waals surface area contributed by atoms with Gasteiger partial charge >= 0.3 is 0 Å². The molecule has 20 rings (SSSR count). The van der Waals surface area contributed by atoms with Crippen molar-refractivity contribution in [3.63, 3.8) is 0 Å². The Morgan fingerprint density at radius 1 is 0.154 bits per heavy atom. The van der Waals surface area contributed by atoms with Crippen LogP contribution in [0.25, 0.3) is 22.3 Å². The Morgan fingerprint density at radius 3 is 0.463 bits per heavy atom. The Labute approximate surface area is 717 Å².